The predicted molar refractivity (Wildman–Crippen MR) is 68.4 cm³/mol. The van der Waals surface area contributed by atoms with Crippen LogP contribution < -0.4 is 5.32 Å². The molecule has 1 aliphatic rings. The monoisotopic (exact) mass is 234 g/mol. The van der Waals surface area contributed by atoms with E-state index in [0.29, 0.717) is 11.6 Å². The van der Waals surface area contributed by atoms with Crippen molar-refractivity contribution >= 4 is 11.4 Å². The number of benzene rings is 1. The number of fused-ring (bicyclic) bond motifs is 1. The standard InChI is InChI=1S/C13H18N2O2/c1-13(2,3)7-9-8-14-12-10(9)5-4-6-11(12)15(16)17/h4-6,9,14H,7-8H2,1-3H3. The molecular formula is C13H18N2O2. The second-order valence-corrected chi connectivity index (χ2v) is 5.84. The molecule has 0 radical (unpaired) electrons. The van der Waals surface area contributed by atoms with Crippen molar-refractivity contribution in [2.45, 2.75) is 33.1 Å². The van der Waals surface area contributed by atoms with Crippen LogP contribution in [-0.4, -0.2) is 11.5 Å². The Morgan fingerprint density at radius 2 is 2.18 bits per heavy atom. The van der Waals surface area contributed by atoms with Gasteiger partial charge in [0.15, 0.2) is 0 Å². The third-order valence-electron chi connectivity index (χ3n) is 3.10. The Hall–Kier alpha value is -1.58. The van der Waals surface area contributed by atoms with Gasteiger partial charge in [0.1, 0.15) is 5.69 Å². The van der Waals surface area contributed by atoms with E-state index in [0.717, 1.165) is 18.5 Å². The molecule has 17 heavy (non-hydrogen) atoms. The minimum atomic E-state index is -0.314. The van der Waals surface area contributed by atoms with Gasteiger partial charge >= 0.3 is 0 Å². The zero-order valence-electron chi connectivity index (χ0n) is 10.5. The van der Waals surface area contributed by atoms with E-state index in [2.05, 4.69) is 26.1 Å². The highest BCUT2D eigenvalue weighted by Gasteiger charge is 2.31. The second kappa shape index (κ2) is 4.02. The van der Waals surface area contributed by atoms with Gasteiger partial charge in [-0.2, -0.15) is 0 Å². The van der Waals surface area contributed by atoms with E-state index in [1.807, 2.05) is 6.07 Å². The summed E-state index contributed by atoms with van der Waals surface area (Å²) in [5.74, 6) is 0.380. The van der Waals surface area contributed by atoms with Gasteiger partial charge in [0.2, 0.25) is 0 Å². The van der Waals surface area contributed by atoms with Gasteiger partial charge in [-0.25, -0.2) is 0 Å². The Balaban J connectivity index is 2.33. The predicted octanol–water partition coefficient (Wildman–Crippen LogP) is 3.54. The first-order valence-electron chi connectivity index (χ1n) is 5.90. The van der Waals surface area contributed by atoms with Gasteiger partial charge in [0.05, 0.1) is 4.92 Å². The van der Waals surface area contributed by atoms with Crippen LogP contribution >= 0.6 is 0 Å². The third kappa shape index (κ3) is 2.40. The number of nitro groups is 1. The summed E-state index contributed by atoms with van der Waals surface area (Å²) in [7, 11) is 0. The maximum absolute atomic E-state index is 10.9. The molecule has 0 aliphatic carbocycles. The van der Waals surface area contributed by atoms with Crippen LogP contribution in [0.1, 0.15) is 38.7 Å². The zero-order valence-corrected chi connectivity index (χ0v) is 10.5. The number of nitro benzene ring substituents is 1. The maximum Gasteiger partial charge on any atom is 0.292 e. The molecule has 0 bridgehead atoms. The van der Waals surface area contributed by atoms with E-state index >= 15 is 0 Å². The minimum absolute atomic E-state index is 0.193. The van der Waals surface area contributed by atoms with Crippen LogP contribution in [0, 0.1) is 15.5 Å². The Kier molecular flexibility index (Phi) is 2.81. The molecule has 0 saturated carbocycles. The van der Waals surface area contributed by atoms with Gasteiger partial charge in [-0.05, 0) is 17.4 Å². The lowest BCUT2D eigenvalue weighted by molar-refractivity contribution is -0.383. The van der Waals surface area contributed by atoms with Crippen molar-refractivity contribution in [2.24, 2.45) is 5.41 Å². The Labute approximate surface area is 101 Å². The fraction of sp³-hybridized carbons (Fsp3) is 0.538. The highest BCUT2D eigenvalue weighted by atomic mass is 16.6. The molecule has 0 saturated heterocycles. The molecular weight excluding hydrogens is 216 g/mol. The highest BCUT2D eigenvalue weighted by molar-refractivity contribution is 5.70. The summed E-state index contributed by atoms with van der Waals surface area (Å²) in [6, 6.07) is 5.34. The van der Waals surface area contributed by atoms with Crippen LogP contribution in [0.4, 0.5) is 11.4 Å². The van der Waals surface area contributed by atoms with E-state index in [9.17, 15) is 10.1 Å². The average Bonchev–Trinajstić information content (AvgIpc) is 2.59. The summed E-state index contributed by atoms with van der Waals surface area (Å²) in [6.07, 6.45) is 1.04. The number of nitrogens with zero attached hydrogens (tertiary/aromatic N) is 1. The molecule has 1 aromatic rings. The van der Waals surface area contributed by atoms with E-state index in [1.165, 1.54) is 0 Å². The fourth-order valence-corrected chi connectivity index (χ4v) is 2.50. The molecule has 1 aromatic carbocycles. The van der Waals surface area contributed by atoms with Crippen LogP contribution in [0.5, 0.6) is 0 Å². The van der Waals surface area contributed by atoms with Gasteiger partial charge < -0.3 is 5.32 Å². The van der Waals surface area contributed by atoms with Crippen molar-refractivity contribution in [3.8, 4) is 0 Å². The summed E-state index contributed by atoms with van der Waals surface area (Å²) in [6.45, 7) is 7.39. The van der Waals surface area contributed by atoms with E-state index in [-0.39, 0.29) is 16.0 Å². The molecule has 4 nitrogen and oxygen atoms in total. The molecule has 1 heterocycles. The number of anilines is 1. The van der Waals surface area contributed by atoms with E-state index in [1.54, 1.807) is 12.1 Å². The van der Waals surface area contributed by atoms with Gasteiger partial charge in [-0.3, -0.25) is 10.1 Å². The first kappa shape index (κ1) is 11.9. The molecule has 0 fully saturated rings. The average molecular weight is 234 g/mol. The smallest absolute Gasteiger partial charge is 0.292 e. The second-order valence-electron chi connectivity index (χ2n) is 5.84. The molecule has 0 amide bonds. The lowest BCUT2D eigenvalue weighted by Crippen LogP contribution is -2.13. The maximum atomic E-state index is 10.9. The van der Waals surface area contributed by atoms with Crippen LogP contribution in [-0.2, 0) is 0 Å². The number of rotatable bonds is 2. The molecule has 0 aromatic heterocycles. The molecule has 1 aliphatic heterocycles. The van der Waals surface area contributed by atoms with Crippen molar-refractivity contribution in [1.82, 2.24) is 0 Å². The summed E-state index contributed by atoms with van der Waals surface area (Å²) in [5, 5.41) is 14.1. The first-order valence-corrected chi connectivity index (χ1v) is 5.90. The van der Waals surface area contributed by atoms with E-state index in [4.69, 9.17) is 0 Å². The minimum Gasteiger partial charge on any atom is -0.379 e. The van der Waals surface area contributed by atoms with Gasteiger partial charge in [-0.15, -0.1) is 0 Å². The largest absolute Gasteiger partial charge is 0.379 e. The number of hydrogen-bond donors (Lipinski definition) is 1. The lowest BCUT2D eigenvalue weighted by Gasteiger charge is -2.22. The summed E-state index contributed by atoms with van der Waals surface area (Å²) >= 11 is 0. The highest BCUT2D eigenvalue weighted by Crippen LogP contribution is 2.42. The third-order valence-corrected chi connectivity index (χ3v) is 3.10. The van der Waals surface area contributed by atoms with Crippen LogP contribution in [0.2, 0.25) is 0 Å². The summed E-state index contributed by atoms with van der Waals surface area (Å²) in [4.78, 5) is 10.6. The van der Waals surface area contributed by atoms with Crippen molar-refractivity contribution in [3.05, 3.63) is 33.9 Å². The van der Waals surface area contributed by atoms with Crippen molar-refractivity contribution in [1.29, 1.82) is 0 Å². The zero-order chi connectivity index (χ0) is 12.6. The molecule has 4 heteroatoms. The SMILES string of the molecule is CC(C)(C)CC1CNc2c1cccc2[N+](=O)[O-]. The fourth-order valence-electron chi connectivity index (χ4n) is 2.50. The molecule has 1 atom stereocenters. The quantitative estimate of drug-likeness (QED) is 0.629. The molecule has 1 unspecified atom stereocenters. The molecule has 0 spiro atoms. The van der Waals surface area contributed by atoms with Crippen LogP contribution in [0.15, 0.2) is 18.2 Å². The van der Waals surface area contributed by atoms with Gasteiger partial charge in [0, 0.05) is 18.5 Å². The first-order chi connectivity index (χ1) is 7.88. The van der Waals surface area contributed by atoms with Crippen molar-refractivity contribution < 1.29 is 4.92 Å². The van der Waals surface area contributed by atoms with Crippen LogP contribution in [0.25, 0.3) is 0 Å². The Bertz CT molecular complexity index is 449. The van der Waals surface area contributed by atoms with E-state index < -0.39 is 0 Å². The van der Waals surface area contributed by atoms with Crippen LogP contribution in [0.3, 0.4) is 0 Å². The molecule has 92 valence electrons. The Morgan fingerprint density at radius 3 is 2.76 bits per heavy atom. The molecule has 2 rings (SSSR count). The number of para-hydroxylation sites is 1. The normalized spacial score (nSPS) is 18.6. The summed E-state index contributed by atoms with van der Waals surface area (Å²) in [5.41, 5.74) is 2.23. The number of nitrogens with one attached hydrogen (secondary N) is 1. The number of hydrogen-bond acceptors (Lipinski definition) is 3. The van der Waals surface area contributed by atoms with Crippen molar-refractivity contribution in [2.75, 3.05) is 11.9 Å². The summed E-state index contributed by atoms with van der Waals surface area (Å²) < 4.78 is 0. The Morgan fingerprint density at radius 1 is 1.47 bits per heavy atom. The molecule has 1 N–H and O–H groups in total. The van der Waals surface area contributed by atoms with Crippen molar-refractivity contribution in [3.63, 3.8) is 0 Å². The lowest BCUT2D eigenvalue weighted by atomic mass is 9.82. The van der Waals surface area contributed by atoms with Gasteiger partial charge in [0.25, 0.3) is 5.69 Å². The van der Waals surface area contributed by atoms with Gasteiger partial charge in [-0.1, -0.05) is 32.9 Å². The topological polar surface area (TPSA) is 55.2 Å².